The smallest absolute Gasteiger partial charge is 0.316 e. The van der Waals surface area contributed by atoms with E-state index < -0.39 is 0 Å². The normalized spacial score (nSPS) is 8.55. The number of aromatic nitrogens is 2. The van der Waals surface area contributed by atoms with E-state index in [1.165, 1.54) is 19.5 Å². The Morgan fingerprint density at radius 1 is 1.45 bits per heavy atom. The van der Waals surface area contributed by atoms with Gasteiger partial charge in [0.05, 0.1) is 13.7 Å². The molecule has 1 heterocycles. The summed E-state index contributed by atoms with van der Waals surface area (Å²) in [5, 5.41) is 8.58. The summed E-state index contributed by atoms with van der Waals surface area (Å²) in [6, 6.07) is 0.317. The van der Waals surface area contributed by atoms with Gasteiger partial charge in [-0.15, -0.1) is 0 Å². The molecule has 0 aliphatic rings. The minimum atomic E-state index is -0.0377. The van der Waals surface area contributed by atoms with E-state index in [9.17, 15) is 0 Å². The first-order valence-corrected chi connectivity index (χ1v) is 2.82. The molecule has 62 valence electrons. The minimum absolute atomic E-state index is 0. The van der Waals surface area contributed by atoms with Crippen molar-refractivity contribution in [3.8, 4) is 6.01 Å². The number of aliphatic hydroxyl groups is 1. The van der Waals surface area contributed by atoms with E-state index in [-0.39, 0.29) is 14.0 Å². The van der Waals surface area contributed by atoms with Crippen LogP contribution in [0.3, 0.4) is 0 Å². The van der Waals surface area contributed by atoms with Crippen LogP contribution in [0.4, 0.5) is 0 Å². The van der Waals surface area contributed by atoms with Crippen LogP contribution in [-0.4, -0.2) is 22.2 Å². The molecule has 11 heavy (non-hydrogen) atoms. The van der Waals surface area contributed by atoms with Crippen LogP contribution >= 0.6 is 0 Å². The molecule has 0 aliphatic heterocycles. The highest BCUT2D eigenvalue weighted by atomic mass is 16.5. The lowest BCUT2D eigenvalue weighted by molar-refractivity contribution is 0.280. The number of hydrogen-bond acceptors (Lipinski definition) is 4. The molecular formula is C7H12N2O2. The molecule has 0 spiro atoms. The van der Waals surface area contributed by atoms with Crippen LogP contribution < -0.4 is 4.74 Å². The molecule has 0 unspecified atom stereocenters. The van der Waals surface area contributed by atoms with Crippen molar-refractivity contribution in [3.05, 3.63) is 18.0 Å². The molecule has 1 aromatic rings. The summed E-state index contributed by atoms with van der Waals surface area (Å²) in [6.45, 7) is -0.0377. The molecule has 4 nitrogen and oxygen atoms in total. The molecule has 1 aromatic heterocycles. The van der Waals surface area contributed by atoms with E-state index in [1.807, 2.05) is 0 Å². The summed E-state index contributed by atoms with van der Waals surface area (Å²) < 4.78 is 4.71. The fourth-order valence-electron chi connectivity index (χ4n) is 0.530. The number of methoxy groups -OCH3 is 1. The van der Waals surface area contributed by atoms with Crippen molar-refractivity contribution in [1.82, 2.24) is 9.97 Å². The summed E-state index contributed by atoms with van der Waals surface area (Å²) in [7, 11) is 1.49. The molecule has 0 aliphatic carbocycles. The second-order valence-electron chi connectivity index (χ2n) is 1.74. The van der Waals surface area contributed by atoms with Gasteiger partial charge in [-0.2, -0.15) is 0 Å². The summed E-state index contributed by atoms with van der Waals surface area (Å²) in [5.41, 5.74) is 0.681. The molecule has 0 bridgehead atoms. The van der Waals surface area contributed by atoms with E-state index in [2.05, 4.69) is 9.97 Å². The number of ether oxygens (including phenoxy) is 1. The number of nitrogens with zero attached hydrogens (tertiary/aromatic N) is 2. The lowest BCUT2D eigenvalue weighted by atomic mass is 10.4. The molecule has 0 fully saturated rings. The van der Waals surface area contributed by atoms with Crippen LogP contribution in [0, 0.1) is 0 Å². The Morgan fingerprint density at radius 2 is 2.00 bits per heavy atom. The third-order valence-corrected chi connectivity index (χ3v) is 1.05. The van der Waals surface area contributed by atoms with Crippen molar-refractivity contribution < 1.29 is 9.84 Å². The molecule has 0 saturated carbocycles. The number of rotatable bonds is 2. The van der Waals surface area contributed by atoms with Gasteiger partial charge in [-0.05, 0) is 0 Å². The van der Waals surface area contributed by atoms with Gasteiger partial charge in [0.2, 0.25) is 0 Å². The van der Waals surface area contributed by atoms with Crippen LogP contribution in [0.15, 0.2) is 12.4 Å². The second kappa shape index (κ2) is 4.62. The van der Waals surface area contributed by atoms with E-state index in [0.29, 0.717) is 11.6 Å². The molecule has 0 saturated heterocycles. The van der Waals surface area contributed by atoms with Gasteiger partial charge in [-0.3, -0.25) is 0 Å². The van der Waals surface area contributed by atoms with Gasteiger partial charge < -0.3 is 9.84 Å². The first kappa shape index (κ1) is 9.84. The predicted molar refractivity (Wildman–Crippen MR) is 41.2 cm³/mol. The lowest BCUT2D eigenvalue weighted by Gasteiger charge is -1.96. The third-order valence-electron chi connectivity index (χ3n) is 1.05. The molecule has 0 amide bonds. The fraction of sp³-hybridized carbons (Fsp3) is 0.429. The SMILES string of the molecule is C.COc1ncc(CO)cn1. The molecule has 0 atom stereocenters. The highest BCUT2D eigenvalue weighted by Crippen LogP contribution is 2.00. The van der Waals surface area contributed by atoms with Gasteiger partial charge in [0, 0.05) is 18.0 Å². The van der Waals surface area contributed by atoms with E-state index in [4.69, 9.17) is 9.84 Å². The Bertz CT molecular complexity index is 175. The molecule has 1 N–H and O–H groups in total. The van der Waals surface area contributed by atoms with Crippen LogP contribution in [0.1, 0.15) is 13.0 Å². The van der Waals surface area contributed by atoms with Gasteiger partial charge in [0.25, 0.3) is 0 Å². The standard InChI is InChI=1S/C6H8N2O2.CH4/c1-10-6-7-2-5(4-9)3-8-6;/h2-3,9H,4H2,1H3;1H4. The minimum Gasteiger partial charge on any atom is -0.467 e. The Balaban J connectivity index is 0.000001000. The van der Waals surface area contributed by atoms with Gasteiger partial charge in [-0.1, -0.05) is 7.43 Å². The zero-order valence-electron chi connectivity index (χ0n) is 5.61. The summed E-state index contributed by atoms with van der Waals surface area (Å²) >= 11 is 0. The molecular weight excluding hydrogens is 144 g/mol. The van der Waals surface area contributed by atoms with E-state index in [0.717, 1.165) is 0 Å². The Labute approximate surface area is 65.9 Å². The highest BCUT2D eigenvalue weighted by molar-refractivity contribution is 5.05. The van der Waals surface area contributed by atoms with E-state index >= 15 is 0 Å². The summed E-state index contributed by atoms with van der Waals surface area (Å²) in [4.78, 5) is 7.55. The monoisotopic (exact) mass is 156 g/mol. The first-order valence-electron chi connectivity index (χ1n) is 2.82. The zero-order chi connectivity index (χ0) is 7.40. The van der Waals surface area contributed by atoms with Crippen molar-refractivity contribution in [2.75, 3.05) is 7.11 Å². The maximum atomic E-state index is 8.58. The number of aliphatic hydroxyl groups excluding tert-OH is 1. The van der Waals surface area contributed by atoms with Gasteiger partial charge in [0.15, 0.2) is 0 Å². The van der Waals surface area contributed by atoms with Crippen LogP contribution in [0.25, 0.3) is 0 Å². The van der Waals surface area contributed by atoms with Crippen molar-refractivity contribution in [2.24, 2.45) is 0 Å². The largest absolute Gasteiger partial charge is 0.467 e. The van der Waals surface area contributed by atoms with Crippen LogP contribution in [-0.2, 0) is 6.61 Å². The Morgan fingerprint density at radius 3 is 2.36 bits per heavy atom. The maximum Gasteiger partial charge on any atom is 0.316 e. The lowest BCUT2D eigenvalue weighted by Crippen LogP contribution is -1.93. The molecule has 4 heteroatoms. The Kier molecular flexibility index (Phi) is 4.14. The highest BCUT2D eigenvalue weighted by Gasteiger charge is 1.93. The number of hydrogen-bond donors (Lipinski definition) is 1. The molecule has 0 aromatic carbocycles. The molecule has 0 radical (unpaired) electrons. The predicted octanol–water partition coefficient (Wildman–Crippen LogP) is 0.614. The van der Waals surface area contributed by atoms with Gasteiger partial charge >= 0.3 is 6.01 Å². The van der Waals surface area contributed by atoms with Crippen molar-refractivity contribution in [1.29, 1.82) is 0 Å². The quantitative estimate of drug-likeness (QED) is 0.681. The van der Waals surface area contributed by atoms with Gasteiger partial charge in [0.1, 0.15) is 0 Å². The topological polar surface area (TPSA) is 55.2 Å². The maximum absolute atomic E-state index is 8.58. The van der Waals surface area contributed by atoms with E-state index in [1.54, 1.807) is 0 Å². The fourth-order valence-corrected chi connectivity index (χ4v) is 0.530. The van der Waals surface area contributed by atoms with Crippen molar-refractivity contribution >= 4 is 0 Å². The zero-order valence-corrected chi connectivity index (χ0v) is 5.61. The summed E-state index contributed by atoms with van der Waals surface area (Å²) in [6.07, 6.45) is 3.04. The van der Waals surface area contributed by atoms with Gasteiger partial charge in [-0.25, -0.2) is 9.97 Å². The van der Waals surface area contributed by atoms with Crippen LogP contribution in [0.5, 0.6) is 6.01 Å². The Hall–Kier alpha value is -1.16. The third kappa shape index (κ3) is 2.51. The average Bonchev–Trinajstić information content (AvgIpc) is 2.05. The average molecular weight is 156 g/mol. The first-order chi connectivity index (χ1) is 4.86. The summed E-state index contributed by atoms with van der Waals surface area (Å²) in [5.74, 6) is 0. The van der Waals surface area contributed by atoms with Crippen molar-refractivity contribution in [2.45, 2.75) is 14.0 Å². The van der Waals surface area contributed by atoms with Crippen molar-refractivity contribution in [3.63, 3.8) is 0 Å². The second-order valence-corrected chi connectivity index (χ2v) is 1.74. The molecule has 1 rings (SSSR count). The van der Waals surface area contributed by atoms with Crippen LogP contribution in [0.2, 0.25) is 0 Å².